The number of carbonyl (C=O) groups excluding carboxylic acids is 2. The number of esters is 1. The van der Waals surface area contributed by atoms with E-state index in [2.05, 4.69) is 5.32 Å². The lowest BCUT2D eigenvalue weighted by molar-refractivity contribution is -0.119. The fourth-order valence-corrected chi connectivity index (χ4v) is 2.11. The Kier molecular flexibility index (Phi) is 6.19. The van der Waals surface area contributed by atoms with Crippen LogP contribution in [-0.4, -0.2) is 32.7 Å². The predicted molar refractivity (Wildman–Crippen MR) is 89.9 cm³/mol. The molecule has 0 heterocycles. The van der Waals surface area contributed by atoms with Gasteiger partial charge < -0.3 is 19.5 Å². The first-order valence-electron chi connectivity index (χ1n) is 7.08. The minimum absolute atomic E-state index is 0.0625. The van der Waals surface area contributed by atoms with Gasteiger partial charge in [-0.2, -0.15) is 0 Å². The lowest BCUT2D eigenvalue weighted by Crippen LogP contribution is -2.21. The second kappa shape index (κ2) is 8.34. The molecule has 0 aromatic heterocycles. The number of ether oxygens (including phenoxy) is 3. The molecular formula is C17H15ClFNO5. The van der Waals surface area contributed by atoms with E-state index < -0.39 is 24.3 Å². The Hall–Kier alpha value is -2.80. The van der Waals surface area contributed by atoms with Gasteiger partial charge in [0.15, 0.2) is 6.61 Å². The minimum Gasteiger partial charge on any atom is -0.497 e. The molecule has 8 heteroatoms. The summed E-state index contributed by atoms with van der Waals surface area (Å²) in [5.41, 5.74) is 0.0706. The van der Waals surface area contributed by atoms with E-state index in [1.165, 1.54) is 38.5 Å². The monoisotopic (exact) mass is 367 g/mol. The number of carbonyl (C=O) groups is 2. The highest BCUT2D eigenvalue weighted by Crippen LogP contribution is 2.25. The van der Waals surface area contributed by atoms with Crippen LogP contribution in [0.25, 0.3) is 0 Å². The van der Waals surface area contributed by atoms with Crippen molar-refractivity contribution in [3.05, 3.63) is 52.8 Å². The molecular weight excluding hydrogens is 353 g/mol. The molecule has 2 rings (SSSR count). The minimum atomic E-state index is -0.758. The molecule has 1 N–H and O–H groups in total. The van der Waals surface area contributed by atoms with Crippen LogP contribution < -0.4 is 14.8 Å². The van der Waals surface area contributed by atoms with E-state index in [-0.39, 0.29) is 22.0 Å². The van der Waals surface area contributed by atoms with Crippen LogP contribution in [0.15, 0.2) is 36.4 Å². The van der Waals surface area contributed by atoms with Crippen LogP contribution in [-0.2, 0) is 9.53 Å². The quantitative estimate of drug-likeness (QED) is 0.793. The van der Waals surface area contributed by atoms with Crippen molar-refractivity contribution in [2.24, 2.45) is 0 Å². The lowest BCUT2D eigenvalue weighted by atomic mass is 10.2. The van der Waals surface area contributed by atoms with Crippen molar-refractivity contribution in [1.29, 1.82) is 0 Å². The molecule has 0 atom stereocenters. The fourth-order valence-electron chi connectivity index (χ4n) is 1.95. The standard InChI is InChI=1S/C17H15ClFNO5/c1-23-11-4-5-12(15(8-11)24-2)17(22)25-9-16(21)20-14-6-3-10(18)7-13(14)19/h3-8H,9H2,1-2H3,(H,20,21). The molecule has 0 unspecified atom stereocenters. The highest BCUT2D eigenvalue weighted by molar-refractivity contribution is 6.30. The van der Waals surface area contributed by atoms with E-state index >= 15 is 0 Å². The Bertz CT molecular complexity index is 797. The molecule has 132 valence electrons. The molecule has 0 bridgehead atoms. The maximum Gasteiger partial charge on any atom is 0.342 e. The number of hydrogen-bond donors (Lipinski definition) is 1. The number of amides is 1. The van der Waals surface area contributed by atoms with E-state index in [1.807, 2.05) is 0 Å². The zero-order valence-electron chi connectivity index (χ0n) is 13.5. The molecule has 0 spiro atoms. The van der Waals surface area contributed by atoms with Crippen LogP contribution in [0.5, 0.6) is 11.5 Å². The SMILES string of the molecule is COc1ccc(C(=O)OCC(=O)Nc2ccc(Cl)cc2F)c(OC)c1. The summed E-state index contributed by atoms with van der Waals surface area (Å²) in [6.45, 7) is -0.587. The molecule has 25 heavy (non-hydrogen) atoms. The zero-order valence-corrected chi connectivity index (χ0v) is 14.2. The maximum atomic E-state index is 13.6. The summed E-state index contributed by atoms with van der Waals surface area (Å²) in [5, 5.41) is 2.49. The Morgan fingerprint density at radius 2 is 1.88 bits per heavy atom. The van der Waals surface area contributed by atoms with Gasteiger partial charge >= 0.3 is 5.97 Å². The Labute approximate surface area is 148 Å². The largest absolute Gasteiger partial charge is 0.497 e. The summed E-state index contributed by atoms with van der Waals surface area (Å²) in [7, 11) is 2.87. The fraction of sp³-hybridized carbons (Fsp3) is 0.176. The number of benzene rings is 2. The van der Waals surface area contributed by atoms with Crippen LogP contribution in [0.3, 0.4) is 0 Å². The van der Waals surface area contributed by atoms with Gasteiger partial charge in [0.2, 0.25) is 0 Å². The number of methoxy groups -OCH3 is 2. The van der Waals surface area contributed by atoms with Crippen molar-refractivity contribution < 1.29 is 28.2 Å². The van der Waals surface area contributed by atoms with Gasteiger partial charge in [0.1, 0.15) is 22.9 Å². The van der Waals surface area contributed by atoms with Crippen LogP contribution >= 0.6 is 11.6 Å². The third-order valence-electron chi connectivity index (χ3n) is 3.17. The number of rotatable bonds is 6. The number of anilines is 1. The van der Waals surface area contributed by atoms with Crippen LogP contribution in [0.2, 0.25) is 5.02 Å². The second-order valence-electron chi connectivity index (χ2n) is 4.81. The van der Waals surface area contributed by atoms with Gasteiger partial charge in [0.05, 0.1) is 19.9 Å². The molecule has 0 aliphatic carbocycles. The molecule has 0 fully saturated rings. The number of halogens is 2. The average molecular weight is 368 g/mol. The summed E-state index contributed by atoms with van der Waals surface area (Å²) in [6, 6.07) is 8.32. The predicted octanol–water partition coefficient (Wildman–Crippen LogP) is 3.29. The van der Waals surface area contributed by atoms with Crippen molar-refractivity contribution in [2.75, 3.05) is 26.1 Å². The molecule has 0 saturated heterocycles. The van der Waals surface area contributed by atoms with E-state index in [9.17, 15) is 14.0 Å². The van der Waals surface area contributed by atoms with Gasteiger partial charge in [-0.05, 0) is 30.3 Å². The summed E-state index contributed by atoms with van der Waals surface area (Å²) in [5.74, 6) is -1.39. The first-order chi connectivity index (χ1) is 11.9. The van der Waals surface area contributed by atoms with Crippen LogP contribution in [0.4, 0.5) is 10.1 Å². The number of nitrogens with one attached hydrogen (secondary N) is 1. The van der Waals surface area contributed by atoms with Gasteiger partial charge in [-0.3, -0.25) is 4.79 Å². The van der Waals surface area contributed by atoms with Crippen LogP contribution in [0, 0.1) is 5.82 Å². The van der Waals surface area contributed by atoms with Gasteiger partial charge in [0, 0.05) is 11.1 Å². The van der Waals surface area contributed by atoms with Gasteiger partial charge in [-0.15, -0.1) is 0 Å². The molecule has 2 aromatic carbocycles. The van der Waals surface area contributed by atoms with E-state index in [1.54, 1.807) is 6.07 Å². The van der Waals surface area contributed by atoms with Gasteiger partial charge in [-0.25, -0.2) is 9.18 Å². The highest BCUT2D eigenvalue weighted by atomic mass is 35.5. The molecule has 2 aromatic rings. The molecule has 0 aliphatic rings. The first kappa shape index (κ1) is 18.5. The van der Waals surface area contributed by atoms with Crippen molar-refractivity contribution in [1.82, 2.24) is 0 Å². The molecule has 1 amide bonds. The second-order valence-corrected chi connectivity index (χ2v) is 5.25. The molecule has 0 radical (unpaired) electrons. The third kappa shape index (κ3) is 4.84. The normalized spacial score (nSPS) is 10.1. The van der Waals surface area contributed by atoms with Crippen molar-refractivity contribution in [3.63, 3.8) is 0 Å². The van der Waals surface area contributed by atoms with Crippen molar-refractivity contribution >= 4 is 29.2 Å². The van der Waals surface area contributed by atoms with Crippen molar-refractivity contribution in [3.8, 4) is 11.5 Å². The smallest absolute Gasteiger partial charge is 0.342 e. The Morgan fingerprint density at radius 3 is 2.52 bits per heavy atom. The zero-order chi connectivity index (χ0) is 18.4. The van der Waals surface area contributed by atoms with Crippen molar-refractivity contribution in [2.45, 2.75) is 0 Å². The Morgan fingerprint density at radius 1 is 1.12 bits per heavy atom. The van der Waals surface area contributed by atoms with Gasteiger partial charge in [0.25, 0.3) is 5.91 Å². The summed E-state index contributed by atoms with van der Waals surface area (Å²) < 4.78 is 28.7. The Balaban J connectivity index is 1.98. The molecule has 0 saturated carbocycles. The molecule has 0 aliphatic heterocycles. The number of hydrogen-bond acceptors (Lipinski definition) is 5. The average Bonchev–Trinajstić information content (AvgIpc) is 2.61. The topological polar surface area (TPSA) is 73.9 Å². The van der Waals surface area contributed by atoms with Crippen LogP contribution in [0.1, 0.15) is 10.4 Å². The summed E-state index contributed by atoms with van der Waals surface area (Å²) in [4.78, 5) is 23.9. The first-order valence-corrected chi connectivity index (χ1v) is 7.46. The van der Waals surface area contributed by atoms with Gasteiger partial charge in [-0.1, -0.05) is 11.6 Å². The van der Waals surface area contributed by atoms with E-state index in [4.69, 9.17) is 25.8 Å². The highest BCUT2D eigenvalue weighted by Gasteiger charge is 2.17. The molecule has 6 nitrogen and oxygen atoms in total. The third-order valence-corrected chi connectivity index (χ3v) is 3.40. The summed E-state index contributed by atoms with van der Waals surface area (Å²) in [6.07, 6.45) is 0. The lowest BCUT2D eigenvalue weighted by Gasteiger charge is -2.11. The van der Waals surface area contributed by atoms with E-state index in [0.717, 1.165) is 6.07 Å². The maximum absolute atomic E-state index is 13.6. The summed E-state index contributed by atoms with van der Waals surface area (Å²) >= 11 is 5.63. The van der Waals surface area contributed by atoms with E-state index in [0.29, 0.717) is 5.75 Å².